The number of carbonyl (C=O) groups excluding carboxylic acids is 2. The molecule has 6 nitrogen and oxygen atoms in total. The summed E-state index contributed by atoms with van der Waals surface area (Å²) in [6, 6.07) is 5.60. The van der Waals surface area contributed by atoms with Gasteiger partial charge in [0.05, 0.1) is 19.8 Å². The first kappa shape index (κ1) is 18.4. The van der Waals surface area contributed by atoms with Crippen LogP contribution in [-0.4, -0.2) is 62.8 Å². The molecule has 6 heteroatoms. The standard InChI is InChI=1S/C18H26N2O4/c1-14-10-15(2)12-16(11-14)18(22)19-13-17(21)24-7-3-4-20-5-8-23-9-6-20/h10-12H,3-9,13H2,1-2H3,(H,19,22). The van der Waals surface area contributed by atoms with Crippen LogP contribution in [0.4, 0.5) is 0 Å². The molecule has 0 bridgehead atoms. The van der Waals surface area contributed by atoms with Gasteiger partial charge in [-0.25, -0.2) is 0 Å². The summed E-state index contributed by atoms with van der Waals surface area (Å²) in [6.45, 7) is 8.43. The first-order valence-corrected chi connectivity index (χ1v) is 8.37. The number of hydrogen-bond acceptors (Lipinski definition) is 5. The fourth-order valence-corrected chi connectivity index (χ4v) is 2.71. The molecule has 1 aliphatic heterocycles. The van der Waals surface area contributed by atoms with E-state index < -0.39 is 5.97 Å². The van der Waals surface area contributed by atoms with Crippen LogP contribution in [0.1, 0.15) is 27.9 Å². The van der Waals surface area contributed by atoms with Gasteiger partial charge in [-0.1, -0.05) is 17.2 Å². The van der Waals surface area contributed by atoms with Crippen molar-refractivity contribution >= 4 is 11.9 Å². The van der Waals surface area contributed by atoms with Gasteiger partial charge in [-0.3, -0.25) is 14.5 Å². The maximum Gasteiger partial charge on any atom is 0.325 e. The number of morpholine rings is 1. The summed E-state index contributed by atoms with van der Waals surface area (Å²) in [6.07, 6.45) is 0.788. The highest BCUT2D eigenvalue weighted by atomic mass is 16.5. The van der Waals surface area contributed by atoms with E-state index in [4.69, 9.17) is 9.47 Å². The molecule has 132 valence electrons. The average molecular weight is 334 g/mol. The molecule has 0 aromatic heterocycles. The lowest BCUT2D eigenvalue weighted by Gasteiger charge is -2.26. The largest absolute Gasteiger partial charge is 0.464 e. The van der Waals surface area contributed by atoms with Crippen molar-refractivity contribution in [1.82, 2.24) is 10.2 Å². The van der Waals surface area contributed by atoms with Gasteiger partial charge in [-0.2, -0.15) is 0 Å². The third-order valence-corrected chi connectivity index (χ3v) is 3.86. The van der Waals surface area contributed by atoms with Crippen molar-refractivity contribution in [3.63, 3.8) is 0 Å². The molecule has 0 unspecified atom stereocenters. The summed E-state index contributed by atoms with van der Waals surface area (Å²) in [4.78, 5) is 26.0. The first-order chi connectivity index (χ1) is 11.5. The van der Waals surface area contributed by atoms with Gasteiger partial charge in [0.15, 0.2) is 0 Å². The Labute approximate surface area is 143 Å². The maximum atomic E-state index is 12.1. The zero-order chi connectivity index (χ0) is 17.4. The molecule has 1 aromatic rings. The van der Waals surface area contributed by atoms with E-state index in [1.165, 1.54) is 0 Å². The SMILES string of the molecule is Cc1cc(C)cc(C(=O)NCC(=O)OCCCN2CCOCC2)c1. The Morgan fingerprint density at radius 1 is 1.17 bits per heavy atom. The molecule has 1 amide bonds. The predicted octanol–water partition coefficient (Wildman–Crippen LogP) is 1.30. The van der Waals surface area contributed by atoms with Crippen LogP contribution in [0.3, 0.4) is 0 Å². The lowest BCUT2D eigenvalue weighted by atomic mass is 10.1. The normalized spacial score (nSPS) is 15.1. The van der Waals surface area contributed by atoms with Gasteiger partial charge in [0, 0.05) is 25.2 Å². The number of nitrogens with zero attached hydrogens (tertiary/aromatic N) is 1. The van der Waals surface area contributed by atoms with E-state index in [1.54, 1.807) is 12.1 Å². The van der Waals surface area contributed by atoms with Crippen LogP contribution < -0.4 is 5.32 Å². The first-order valence-electron chi connectivity index (χ1n) is 8.37. The van der Waals surface area contributed by atoms with E-state index in [0.717, 1.165) is 50.4 Å². The average Bonchev–Trinajstić information content (AvgIpc) is 2.56. The van der Waals surface area contributed by atoms with Crippen molar-refractivity contribution in [3.8, 4) is 0 Å². The van der Waals surface area contributed by atoms with Crippen LogP contribution in [0.2, 0.25) is 0 Å². The zero-order valence-electron chi connectivity index (χ0n) is 14.5. The van der Waals surface area contributed by atoms with Crippen LogP contribution in [0, 0.1) is 13.8 Å². The maximum absolute atomic E-state index is 12.1. The molecule has 1 aliphatic rings. The molecule has 0 atom stereocenters. The summed E-state index contributed by atoms with van der Waals surface area (Å²) in [5.41, 5.74) is 2.60. The number of amides is 1. The van der Waals surface area contributed by atoms with Crippen molar-refractivity contribution in [2.24, 2.45) is 0 Å². The molecule has 2 rings (SSSR count). The molecule has 0 radical (unpaired) electrons. The number of ether oxygens (including phenoxy) is 2. The highest BCUT2D eigenvalue weighted by Crippen LogP contribution is 2.08. The molecule has 1 fully saturated rings. The molecular weight excluding hydrogens is 308 g/mol. The molecule has 1 saturated heterocycles. The highest BCUT2D eigenvalue weighted by Gasteiger charge is 2.11. The summed E-state index contributed by atoms with van der Waals surface area (Å²) >= 11 is 0. The third-order valence-electron chi connectivity index (χ3n) is 3.86. The summed E-state index contributed by atoms with van der Waals surface area (Å²) in [5, 5.41) is 2.60. The summed E-state index contributed by atoms with van der Waals surface area (Å²) in [7, 11) is 0. The van der Waals surface area contributed by atoms with Crippen LogP contribution in [0.15, 0.2) is 18.2 Å². The molecule has 1 N–H and O–H groups in total. The lowest BCUT2D eigenvalue weighted by Crippen LogP contribution is -2.37. The smallest absolute Gasteiger partial charge is 0.325 e. The minimum absolute atomic E-state index is 0.108. The van der Waals surface area contributed by atoms with Crippen LogP contribution in [-0.2, 0) is 14.3 Å². The van der Waals surface area contributed by atoms with Crippen molar-refractivity contribution in [3.05, 3.63) is 34.9 Å². The fraction of sp³-hybridized carbons (Fsp3) is 0.556. The number of nitrogens with one attached hydrogen (secondary N) is 1. The number of rotatable bonds is 7. The molecule has 0 aliphatic carbocycles. The summed E-state index contributed by atoms with van der Waals surface area (Å²) < 4.78 is 10.4. The topological polar surface area (TPSA) is 67.9 Å². The number of benzene rings is 1. The number of aryl methyl sites for hydroxylation is 2. The zero-order valence-corrected chi connectivity index (χ0v) is 14.5. The van der Waals surface area contributed by atoms with Gasteiger partial charge in [0.25, 0.3) is 5.91 Å². The molecule has 1 aromatic carbocycles. The van der Waals surface area contributed by atoms with E-state index in [0.29, 0.717) is 12.2 Å². The van der Waals surface area contributed by atoms with Crippen LogP contribution in [0.5, 0.6) is 0 Å². The molecular formula is C18H26N2O4. The van der Waals surface area contributed by atoms with Crippen LogP contribution >= 0.6 is 0 Å². The third kappa shape index (κ3) is 6.29. The Morgan fingerprint density at radius 2 is 1.83 bits per heavy atom. The minimum Gasteiger partial charge on any atom is -0.464 e. The molecule has 0 saturated carbocycles. The molecule has 24 heavy (non-hydrogen) atoms. The monoisotopic (exact) mass is 334 g/mol. The van der Waals surface area contributed by atoms with Gasteiger partial charge >= 0.3 is 5.97 Å². The Hall–Kier alpha value is -1.92. The Kier molecular flexibility index (Phi) is 7.21. The van der Waals surface area contributed by atoms with Crippen molar-refractivity contribution in [2.75, 3.05) is 46.0 Å². The van der Waals surface area contributed by atoms with Gasteiger partial charge in [0.2, 0.25) is 0 Å². The van der Waals surface area contributed by atoms with Gasteiger partial charge in [0.1, 0.15) is 6.54 Å². The van der Waals surface area contributed by atoms with Crippen molar-refractivity contribution < 1.29 is 19.1 Å². The van der Waals surface area contributed by atoms with Crippen molar-refractivity contribution in [1.29, 1.82) is 0 Å². The van der Waals surface area contributed by atoms with Gasteiger partial charge in [-0.05, 0) is 32.4 Å². The van der Waals surface area contributed by atoms with Crippen molar-refractivity contribution in [2.45, 2.75) is 20.3 Å². The molecule has 1 heterocycles. The quantitative estimate of drug-likeness (QED) is 0.601. The van der Waals surface area contributed by atoms with Gasteiger partial charge < -0.3 is 14.8 Å². The van der Waals surface area contributed by atoms with Crippen LogP contribution in [0.25, 0.3) is 0 Å². The highest BCUT2D eigenvalue weighted by molar-refractivity contribution is 5.96. The second kappa shape index (κ2) is 9.39. The Bertz CT molecular complexity index is 548. The minimum atomic E-state index is -0.408. The lowest BCUT2D eigenvalue weighted by molar-refractivity contribution is -0.142. The van der Waals surface area contributed by atoms with E-state index in [-0.39, 0.29) is 12.5 Å². The van der Waals surface area contributed by atoms with E-state index in [9.17, 15) is 9.59 Å². The van der Waals surface area contributed by atoms with E-state index in [2.05, 4.69) is 10.2 Å². The van der Waals surface area contributed by atoms with E-state index >= 15 is 0 Å². The second-order valence-corrected chi connectivity index (χ2v) is 6.09. The number of esters is 1. The van der Waals surface area contributed by atoms with E-state index in [1.807, 2.05) is 19.9 Å². The Morgan fingerprint density at radius 3 is 2.50 bits per heavy atom. The predicted molar refractivity (Wildman–Crippen MR) is 91.1 cm³/mol. The number of hydrogen-bond donors (Lipinski definition) is 1. The fourth-order valence-electron chi connectivity index (χ4n) is 2.71. The Balaban J connectivity index is 1.62. The molecule has 0 spiro atoms. The second-order valence-electron chi connectivity index (χ2n) is 6.09. The van der Waals surface area contributed by atoms with Gasteiger partial charge in [-0.15, -0.1) is 0 Å². The number of carbonyl (C=O) groups is 2. The summed E-state index contributed by atoms with van der Waals surface area (Å²) in [5.74, 6) is -0.665.